The minimum absolute atomic E-state index is 0.953. The number of aryl methyl sites for hydroxylation is 1. The Kier molecular flexibility index (Phi) is 3.09. The Hall–Kier alpha value is -1.98. The molecular formula is C16H16N4S. The van der Waals surface area contributed by atoms with E-state index >= 15 is 0 Å². The van der Waals surface area contributed by atoms with E-state index in [9.17, 15) is 0 Å². The van der Waals surface area contributed by atoms with E-state index < -0.39 is 0 Å². The number of pyridine rings is 1. The number of aromatic nitrogens is 3. The van der Waals surface area contributed by atoms with Gasteiger partial charge in [0, 0.05) is 36.3 Å². The predicted octanol–water partition coefficient (Wildman–Crippen LogP) is 3.07. The molecule has 1 N–H and O–H groups in total. The SMILES string of the molecule is Cn1cc(-c2ccc3scc(C4=CCNCC4)c3n2)cn1. The first-order valence-electron chi connectivity index (χ1n) is 7.08. The van der Waals surface area contributed by atoms with Crippen molar-refractivity contribution in [1.29, 1.82) is 0 Å². The van der Waals surface area contributed by atoms with Gasteiger partial charge in [0.05, 0.1) is 22.1 Å². The quantitative estimate of drug-likeness (QED) is 0.790. The van der Waals surface area contributed by atoms with Gasteiger partial charge in [-0.15, -0.1) is 11.3 Å². The largest absolute Gasteiger partial charge is 0.313 e. The Morgan fingerprint density at radius 3 is 3.05 bits per heavy atom. The smallest absolute Gasteiger partial charge is 0.0892 e. The van der Waals surface area contributed by atoms with Gasteiger partial charge in [-0.3, -0.25) is 4.68 Å². The standard InChI is InChI=1S/C16H16N4S/c1-20-9-12(8-18-20)14-2-3-15-16(19-14)13(10-21-15)11-4-6-17-7-5-11/h2-4,8-10,17H,5-7H2,1H3. The van der Waals surface area contributed by atoms with Gasteiger partial charge in [0.2, 0.25) is 0 Å². The Morgan fingerprint density at radius 2 is 2.29 bits per heavy atom. The molecule has 0 atom stereocenters. The average Bonchev–Trinajstić information content (AvgIpc) is 3.13. The fraction of sp³-hybridized carbons (Fsp3) is 0.250. The summed E-state index contributed by atoms with van der Waals surface area (Å²) in [5.41, 5.74) is 5.88. The van der Waals surface area contributed by atoms with Crippen molar-refractivity contribution in [2.24, 2.45) is 7.05 Å². The van der Waals surface area contributed by atoms with Crippen molar-refractivity contribution in [2.75, 3.05) is 13.1 Å². The first-order chi connectivity index (χ1) is 10.3. The molecule has 0 bridgehead atoms. The molecule has 0 saturated heterocycles. The maximum atomic E-state index is 4.89. The number of nitrogens with one attached hydrogen (secondary N) is 1. The third-order valence-electron chi connectivity index (χ3n) is 3.83. The fourth-order valence-corrected chi connectivity index (χ4v) is 3.64. The lowest BCUT2D eigenvalue weighted by molar-refractivity contribution is 0.739. The molecular weight excluding hydrogens is 280 g/mol. The van der Waals surface area contributed by atoms with Crippen molar-refractivity contribution < 1.29 is 0 Å². The first-order valence-corrected chi connectivity index (χ1v) is 7.96. The lowest BCUT2D eigenvalue weighted by Gasteiger charge is -2.13. The summed E-state index contributed by atoms with van der Waals surface area (Å²) in [6.07, 6.45) is 7.22. The molecule has 4 nitrogen and oxygen atoms in total. The zero-order chi connectivity index (χ0) is 14.2. The van der Waals surface area contributed by atoms with Crippen LogP contribution in [0.25, 0.3) is 27.0 Å². The normalized spacial score (nSPS) is 15.4. The second kappa shape index (κ2) is 5.09. The molecule has 4 rings (SSSR count). The van der Waals surface area contributed by atoms with Crippen molar-refractivity contribution in [2.45, 2.75) is 6.42 Å². The van der Waals surface area contributed by atoms with Gasteiger partial charge < -0.3 is 5.32 Å². The Bertz CT molecular complexity index is 828. The lowest BCUT2D eigenvalue weighted by atomic mass is 10.0. The van der Waals surface area contributed by atoms with E-state index in [1.54, 1.807) is 11.3 Å². The summed E-state index contributed by atoms with van der Waals surface area (Å²) >= 11 is 1.77. The molecule has 0 aromatic carbocycles. The van der Waals surface area contributed by atoms with Crippen LogP contribution in [0.4, 0.5) is 0 Å². The summed E-state index contributed by atoms with van der Waals surface area (Å²) in [5, 5.41) is 9.83. The minimum Gasteiger partial charge on any atom is -0.313 e. The molecule has 21 heavy (non-hydrogen) atoms. The zero-order valence-electron chi connectivity index (χ0n) is 11.8. The van der Waals surface area contributed by atoms with Crippen LogP contribution in [0.2, 0.25) is 0 Å². The third kappa shape index (κ3) is 2.28. The molecule has 1 aliphatic heterocycles. The van der Waals surface area contributed by atoms with Crippen molar-refractivity contribution in [3.63, 3.8) is 0 Å². The summed E-state index contributed by atoms with van der Waals surface area (Å²) in [5.74, 6) is 0. The molecule has 4 heterocycles. The van der Waals surface area contributed by atoms with Crippen LogP contribution >= 0.6 is 11.3 Å². The molecule has 0 amide bonds. The van der Waals surface area contributed by atoms with E-state index in [4.69, 9.17) is 4.98 Å². The zero-order valence-corrected chi connectivity index (χ0v) is 12.7. The lowest BCUT2D eigenvalue weighted by Crippen LogP contribution is -2.19. The maximum Gasteiger partial charge on any atom is 0.0892 e. The number of thiophene rings is 1. The highest BCUT2D eigenvalue weighted by atomic mass is 32.1. The molecule has 5 heteroatoms. The van der Waals surface area contributed by atoms with Crippen LogP contribution in [0.5, 0.6) is 0 Å². The van der Waals surface area contributed by atoms with E-state index in [-0.39, 0.29) is 0 Å². The van der Waals surface area contributed by atoms with Crippen LogP contribution < -0.4 is 5.32 Å². The fourth-order valence-electron chi connectivity index (χ4n) is 2.72. The molecule has 0 aliphatic carbocycles. The van der Waals surface area contributed by atoms with Crippen LogP contribution in [0.1, 0.15) is 12.0 Å². The number of hydrogen-bond acceptors (Lipinski definition) is 4. The molecule has 1 aliphatic rings. The van der Waals surface area contributed by atoms with Crippen LogP contribution in [-0.4, -0.2) is 27.9 Å². The Labute approximate surface area is 127 Å². The van der Waals surface area contributed by atoms with Gasteiger partial charge in [0.1, 0.15) is 0 Å². The molecule has 3 aromatic heterocycles. The van der Waals surface area contributed by atoms with Crippen LogP contribution in [0.15, 0.2) is 36.0 Å². The second-order valence-corrected chi connectivity index (χ2v) is 6.19. The first kappa shape index (κ1) is 12.7. The highest BCUT2D eigenvalue weighted by Crippen LogP contribution is 2.33. The van der Waals surface area contributed by atoms with Gasteiger partial charge in [0.15, 0.2) is 0 Å². The second-order valence-electron chi connectivity index (χ2n) is 5.28. The molecule has 0 saturated carbocycles. The van der Waals surface area contributed by atoms with Crippen LogP contribution in [0.3, 0.4) is 0 Å². The monoisotopic (exact) mass is 296 g/mol. The van der Waals surface area contributed by atoms with Gasteiger partial charge >= 0.3 is 0 Å². The molecule has 3 aromatic rings. The number of nitrogens with zero attached hydrogens (tertiary/aromatic N) is 3. The highest BCUT2D eigenvalue weighted by Gasteiger charge is 2.13. The van der Waals surface area contributed by atoms with Crippen molar-refractivity contribution >= 4 is 27.1 Å². The summed E-state index contributed by atoms with van der Waals surface area (Å²) in [4.78, 5) is 4.89. The Morgan fingerprint density at radius 1 is 1.33 bits per heavy atom. The minimum atomic E-state index is 0.953. The molecule has 0 fully saturated rings. The van der Waals surface area contributed by atoms with Crippen molar-refractivity contribution in [1.82, 2.24) is 20.1 Å². The van der Waals surface area contributed by atoms with Gasteiger partial charge in [-0.05, 0) is 30.7 Å². The number of hydrogen-bond donors (Lipinski definition) is 1. The van der Waals surface area contributed by atoms with Crippen LogP contribution in [0, 0.1) is 0 Å². The molecule has 106 valence electrons. The Balaban J connectivity index is 1.84. The highest BCUT2D eigenvalue weighted by molar-refractivity contribution is 7.17. The van der Waals surface area contributed by atoms with Crippen molar-refractivity contribution in [3.8, 4) is 11.3 Å². The summed E-state index contributed by atoms with van der Waals surface area (Å²) in [7, 11) is 1.93. The van der Waals surface area contributed by atoms with Crippen LogP contribution in [-0.2, 0) is 7.05 Å². The van der Waals surface area contributed by atoms with E-state index in [2.05, 4.69) is 34.0 Å². The number of fused-ring (bicyclic) bond motifs is 1. The number of rotatable bonds is 2. The molecule has 0 spiro atoms. The predicted molar refractivity (Wildman–Crippen MR) is 87.3 cm³/mol. The molecule has 0 radical (unpaired) electrons. The van der Waals surface area contributed by atoms with E-state index in [0.717, 1.165) is 36.3 Å². The van der Waals surface area contributed by atoms with Gasteiger partial charge in [0.25, 0.3) is 0 Å². The molecule has 0 unspecified atom stereocenters. The van der Waals surface area contributed by atoms with E-state index in [0.29, 0.717) is 0 Å². The average molecular weight is 296 g/mol. The van der Waals surface area contributed by atoms with Gasteiger partial charge in [-0.2, -0.15) is 5.10 Å². The third-order valence-corrected chi connectivity index (χ3v) is 4.76. The topological polar surface area (TPSA) is 42.7 Å². The van der Waals surface area contributed by atoms with Crippen molar-refractivity contribution in [3.05, 3.63) is 41.5 Å². The van der Waals surface area contributed by atoms with Gasteiger partial charge in [-0.25, -0.2) is 4.98 Å². The summed E-state index contributed by atoms with van der Waals surface area (Å²) in [6.45, 7) is 2.00. The van der Waals surface area contributed by atoms with E-state index in [1.807, 2.05) is 24.1 Å². The van der Waals surface area contributed by atoms with Gasteiger partial charge in [-0.1, -0.05) is 6.08 Å². The van der Waals surface area contributed by atoms with E-state index in [1.165, 1.54) is 15.8 Å². The summed E-state index contributed by atoms with van der Waals surface area (Å²) < 4.78 is 3.06. The maximum absolute atomic E-state index is 4.89. The summed E-state index contributed by atoms with van der Waals surface area (Å²) in [6, 6.07) is 4.25.